The molecule has 1 aliphatic rings. The van der Waals surface area contributed by atoms with E-state index >= 15 is 0 Å². The highest BCUT2D eigenvalue weighted by Crippen LogP contribution is 2.28. The molecule has 0 N–H and O–H groups in total. The highest BCUT2D eigenvalue weighted by molar-refractivity contribution is 5.87. The molecular formula is C14H24O2. The van der Waals surface area contributed by atoms with Crippen LogP contribution in [0.2, 0.25) is 0 Å². The van der Waals surface area contributed by atoms with E-state index < -0.39 is 0 Å². The summed E-state index contributed by atoms with van der Waals surface area (Å²) in [5.74, 6) is 0.676. The largest absolute Gasteiger partial charge is 0.463 e. The first-order valence-electron chi connectivity index (χ1n) is 6.59. The second-order valence-electron chi connectivity index (χ2n) is 4.72. The molecule has 0 heterocycles. The Kier molecular flexibility index (Phi) is 6.20. The lowest BCUT2D eigenvalue weighted by atomic mass is 9.85. The van der Waals surface area contributed by atoms with Gasteiger partial charge in [-0.2, -0.15) is 0 Å². The van der Waals surface area contributed by atoms with E-state index in [4.69, 9.17) is 4.74 Å². The smallest absolute Gasteiger partial charge is 0.333 e. The lowest BCUT2D eigenvalue weighted by Crippen LogP contribution is -2.09. The first-order chi connectivity index (χ1) is 7.74. The molecule has 0 unspecified atom stereocenters. The molecule has 1 fully saturated rings. The van der Waals surface area contributed by atoms with Gasteiger partial charge in [0.15, 0.2) is 0 Å². The Morgan fingerprint density at radius 1 is 1.31 bits per heavy atom. The van der Waals surface area contributed by atoms with Gasteiger partial charge in [0.1, 0.15) is 0 Å². The average molecular weight is 224 g/mol. The van der Waals surface area contributed by atoms with Gasteiger partial charge in [0.05, 0.1) is 6.61 Å². The van der Waals surface area contributed by atoms with Crippen LogP contribution in [0.1, 0.15) is 58.3 Å². The van der Waals surface area contributed by atoms with E-state index in [1.165, 1.54) is 38.5 Å². The minimum absolute atomic E-state index is 0.217. The van der Waals surface area contributed by atoms with Crippen molar-refractivity contribution in [2.24, 2.45) is 5.92 Å². The molecule has 1 saturated carbocycles. The first kappa shape index (κ1) is 13.3. The lowest BCUT2D eigenvalue weighted by Gasteiger charge is -2.21. The minimum Gasteiger partial charge on any atom is -0.463 e. The second kappa shape index (κ2) is 7.48. The fraction of sp³-hybridized carbons (Fsp3) is 0.786. The van der Waals surface area contributed by atoms with Crippen LogP contribution in [0.15, 0.2) is 12.2 Å². The maximum atomic E-state index is 11.3. The number of ether oxygens (including phenoxy) is 1. The first-order valence-corrected chi connectivity index (χ1v) is 6.59. The zero-order valence-electron chi connectivity index (χ0n) is 10.5. The zero-order chi connectivity index (χ0) is 11.8. The van der Waals surface area contributed by atoms with Crippen molar-refractivity contribution in [3.05, 3.63) is 12.2 Å². The Morgan fingerprint density at radius 3 is 2.62 bits per heavy atom. The van der Waals surface area contributed by atoms with Crippen molar-refractivity contribution < 1.29 is 9.53 Å². The quantitative estimate of drug-likeness (QED) is 0.506. The molecule has 0 aromatic carbocycles. The molecule has 0 bridgehead atoms. The molecule has 16 heavy (non-hydrogen) atoms. The van der Waals surface area contributed by atoms with E-state index in [0.717, 1.165) is 18.8 Å². The third kappa shape index (κ3) is 4.82. The van der Waals surface area contributed by atoms with Crippen molar-refractivity contribution in [2.45, 2.75) is 58.3 Å². The Morgan fingerprint density at radius 2 is 2.00 bits per heavy atom. The van der Waals surface area contributed by atoms with Crippen LogP contribution in [0.3, 0.4) is 0 Å². The van der Waals surface area contributed by atoms with E-state index in [2.05, 4.69) is 6.58 Å². The van der Waals surface area contributed by atoms with E-state index in [0.29, 0.717) is 12.2 Å². The van der Waals surface area contributed by atoms with Gasteiger partial charge >= 0.3 is 5.97 Å². The van der Waals surface area contributed by atoms with E-state index in [9.17, 15) is 4.79 Å². The fourth-order valence-corrected chi connectivity index (χ4v) is 2.42. The molecule has 0 radical (unpaired) electrons. The maximum absolute atomic E-state index is 11.3. The molecule has 2 nitrogen and oxygen atoms in total. The van der Waals surface area contributed by atoms with Crippen LogP contribution in [-0.4, -0.2) is 12.6 Å². The molecular weight excluding hydrogens is 200 g/mol. The summed E-state index contributed by atoms with van der Waals surface area (Å²) in [5.41, 5.74) is 0.637. The van der Waals surface area contributed by atoms with Crippen molar-refractivity contribution in [2.75, 3.05) is 6.61 Å². The number of rotatable bonds is 6. The lowest BCUT2D eigenvalue weighted by molar-refractivity contribution is -0.138. The molecule has 0 amide bonds. The van der Waals surface area contributed by atoms with Crippen LogP contribution in [0, 0.1) is 5.92 Å². The molecule has 0 aliphatic heterocycles. The Balaban J connectivity index is 2.09. The number of carbonyl (C=O) groups excluding carboxylic acids is 1. The molecule has 2 heteroatoms. The van der Waals surface area contributed by atoms with Crippen LogP contribution >= 0.6 is 0 Å². The highest BCUT2D eigenvalue weighted by Gasteiger charge is 2.14. The number of hydrogen-bond acceptors (Lipinski definition) is 2. The number of esters is 1. The SMILES string of the molecule is C=C(CCCC1CCCCC1)C(=O)OCC. The Hall–Kier alpha value is -0.790. The molecule has 1 aliphatic carbocycles. The van der Waals surface area contributed by atoms with Crippen LogP contribution < -0.4 is 0 Å². The summed E-state index contributed by atoms with van der Waals surface area (Å²) < 4.78 is 4.91. The number of carbonyl (C=O) groups is 1. The van der Waals surface area contributed by atoms with Gasteiger partial charge in [-0.3, -0.25) is 0 Å². The molecule has 0 spiro atoms. The number of hydrogen-bond donors (Lipinski definition) is 0. The maximum Gasteiger partial charge on any atom is 0.333 e. The Labute approximate surface area is 99.1 Å². The van der Waals surface area contributed by atoms with E-state index in [1.807, 2.05) is 6.92 Å². The van der Waals surface area contributed by atoms with Gasteiger partial charge in [-0.1, -0.05) is 45.1 Å². The topological polar surface area (TPSA) is 26.3 Å². The summed E-state index contributed by atoms with van der Waals surface area (Å²) in [5, 5.41) is 0. The zero-order valence-corrected chi connectivity index (χ0v) is 10.5. The molecule has 0 saturated heterocycles. The summed E-state index contributed by atoms with van der Waals surface area (Å²) in [6.45, 7) is 6.05. The van der Waals surface area contributed by atoms with Gasteiger partial charge in [0.2, 0.25) is 0 Å². The van der Waals surface area contributed by atoms with Crippen LogP contribution in [-0.2, 0) is 9.53 Å². The molecule has 0 aromatic heterocycles. The van der Waals surface area contributed by atoms with Crippen molar-refractivity contribution in [1.82, 2.24) is 0 Å². The van der Waals surface area contributed by atoms with Crippen molar-refractivity contribution >= 4 is 5.97 Å². The van der Waals surface area contributed by atoms with E-state index in [-0.39, 0.29) is 5.97 Å². The van der Waals surface area contributed by atoms with Crippen LogP contribution in [0.25, 0.3) is 0 Å². The van der Waals surface area contributed by atoms with Gasteiger partial charge < -0.3 is 4.74 Å². The van der Waals surface area contributed by atoms with Crippen LogP contribution in [0.5, 0.6) is 0 Å². The highest BCUT2D eigenvalue weighted by atomic mass is 16.5. The molecule has 0 aromatic rings. The van der Waals surface area contributed by atoms with Gasteiger partial charge in [-0.25, -0.2) is 4.79 Å². The van der Waals surface area contributed by atoms with Crippen molar-refractivity contribution in [1.29, 1.82) is 0 Å². The minimum atomic E-state index is -0.217. The summed E-state index contributed by atoms with van der Waals surface area (Å²) in [6, 6.07) is 0. The fourth-order valence-electron chi connectivity index (χ4n) is 2.42. The van der Waals surface area contributed by atoms with Crippen LogP contribution in [0.4, 0.5) is 0 Å². The summed E-state index contributed by atoms with van der Waals surface area (Å²) in [7, 11) is 0. The third-order valence-electron chi connectivity index (χ3n) is 3.38. The van der Waals surface area contributed by atoms with Gasteiger partial charge in [-0.15, -0.1) is 0 Å². The van der Waals surface area contributed by atoms with E-state index in [1.54, 1.807) is 0 Å². The monoisotopic (exact) mass is 224 g/mol. The van der Waals surface area contributed by atoms with Crippen molar-refractivity contribution in [3.63, 3.8) is 0 Å². The standard InChI is InChI=1S/C14H24O2/c1-3-16-14(15)12(2)8-7-11-13-9-5-4-6-10-13/h13H,2-11H2,1H3. The predicted molar refractivity (Wildman–Crippen MR) is 66.2 cm³/mol. The molecule has 1 rings (SSSR count). The second-order valence-corrected chi connectivity index (χ2v) is 4.72. The van der Waals surface area contributed by atoms with Gasteiger partial charge in [0, 0.05) is 5.57 Å². The Bertz CT molecular complexity index is 227. The van der Waals surface area contributed by atoms with Gasteiger partial charge in [-0.05, 0) is 25.7 Å². The normalized spacial score (nSPS) is 17.1. The third-order valence-corrected chi connectivity index (χ3v) is 3.38. The molecule has 0 atom stereocenters. The summed E-state index contributed by atoms with van der Waals surface area (Å²) >= 11 is 0. The van der Waals surface area contributed by atoms with Crippen molar-refractivity contribution in [3.8, 4) is 0 Å². The molecule has 92 valence electrons. The summed E-state index contributed by atoms with van der Waals surface area (Å²) in [4.78, 5) is 11.3. The summed E-state index contributed by atoms with van der Waals surface area (Å²) in [6.07, 6.45) is 10.1. The average Bonchev–Trinajstić information content (AvgIpc) is 2.30. The van der Waals surface area contributed by atoms with Gasteiger partial charge in [0.25, 0.3) is 0 Å². The predicted octanol–water partition coefficient (Wildman–Crippen LogP) is 3.86.